The van der Waals surface area contributed by atoms with Gasteiger partial charge in [-0.15, -0.1) is 0 Å². The molecule has 0 radical (unpaired) electrons. The fourth-order valence-corrected chi connectivity index (χ4v) is 2.20. The minimum Gasteiger partial charge on any atom is -0.465 e. The van der Waals surface area contributed by atoms with Gasteiger partial charge in [0.1, 0.15) is 5.69 Å². The highest BCUT2D eigenvalue weighted by molar-refractivity contribution is 6.04. The second-order valence-electron chi connectivity index (χ2n) is 5.35. The molecule has 0 spiro atoms. The smallest absolute Gasteiger partial charge is 0.339 e. The maximum Gasteiger partial charge on any atom is 0.339 e. The number of carbonyl (C=O) groups excluding carboxylic acids is 3. The number of nitrogens with zero attached hydrogens (tertiary/aromatic N) is 1. The Morgan fingerprint density at radius 1 is 1.00 bits per heavy atom. The van der Waals surface area contributed by atoms with Crippen LogP contribution in [0.1, 0.15) is 27.6 Å². The molecule has 1 N–H and O–H groups in total. The number of methoxy groups -OCH3 is 1. The Hall–Kier alpha value is -3.75. The average molecular weight is 372 g/mol. The molecule has 2 aromatic rings. The highest BCUT2D eigenvalue weighted by Crippen LogP contribution is 2.23. The summed E-state index contributed by atoms with van der Waals surface area (Å²) in [5.41, 5.74) is -0.378. The molecule has 0 bridgehead atoms. The monoisotopic (exact) mass is 372 g/mol. The molecule has 1 amide bonds. The summed E-state index contributed by atoms with van der Waals surface area (Å²) in [6.45, 7) is 1.31. The Labute approximate surface area is 154 Å². The first-order chi connectivity index (χ1) is 12.8. The first-order valence-electron chi connectivity index (χ1n) is 7.77. The quantitative estimate of drug-likeness (QED) is 0.469. The summed E-state index contributed by atoms with van der Waals surface area (Å²) in [7, 11) is 1.17. The van der Waals surface area contributed by atoms with Crippen molar-refractivity contribution in [2.75, 3.05) is 12.4 Å². The molecule has 0 aliphatic carbocycles. The number of nitro benzene ring substituents is 1. The Bertz CT molecular complexity index is 895. The lowest BCUT2D eigenvalue weighted by atomic mass is 10.1. The molecule has 0 aromatic heterocycles. The summed E-state index contributed by atoms with van der Waals surface area (Å²) in [5, 5.41) is 13.3. The van der Waals surface area contributed by atoms with Crippen LogP contribution in [0.3, 0.4) is 0 Å². The van der Waals surface area contributed by atoms with Crippen molar-refractivity contribution in [2.45, 2.75) is 13.0 Å². The third-order valence-corrected chi connectivity index (χ3v) is 3.56. The predicted octanol–water partition coefficient (Wildman–Crippen LogP) is 2.57. The third kappa shape index (κ3) is 4.66. The lowest BCUT2D eigenvalue weighted by molar-refractivity contribution is -0.383. The Morgan fingerprint density at radius 2 is 1.56 bits per heavy atom. The summed E-state index contributed by atoms with van der Waals surface area (Å²) in [6.07, 6.45) is -1.26. The first-order valence-corrected chi connectivity index (χ1v) is 7.77. The molecular formula is C18H16N2O7. The number of hydrogen-bond acceptors (Lipinski definition) is 7. The van der Waals surface area contributed by atoms with Gasteiger partial charge in [-0.25, -0.2) is 9.59 Å². The number of anilines is 1. The number of ether oxygens (including phenoxy) is 2. The Balaban J connectivity index is 2.13. The zero-order valence-corrected chi connectivity index (χ0v) is 14.5. The second kappa shape index (κ2) is 8.56. The van der Waals surface area contributed by atoms with Crippen LogP contribution in [0.5, 0.6) is 0 Å². The number of amides is 1. The number of rotatable bonds is 6. The number of carbonyl (C=O) groups is 3. The maximum atomic E-state index is 12.3. The molecule has 0 saturated carbocycles. The number of benzene rings is 2. The van der Waals surface area contributed by atoms with Crippen LogP contribution in [-0.2, 0) is 14.3 Å². The minimum atomic E-state index is -1.26. The SMILES string of the molecule is COC(=O)c1ccccc1C(=O)OC(C)C(=O)Nc1ccccc1[N+](=O)[O-]. The fraction of sp³-hybridized carbons (Fsp3) is 0.167. The number of para-hydroxylation sites is 2. The van der Waals surface area contributed by atoms with Gasteiger partial charge in [-0.1, -0.05) is 24.3 Å². The molecule has 9 heteroatoms. The molecule has 1 unspecified atom stereocenters. The van der Waals surface area contributed by atoms with Crippen LogP contribution >= 0.6 is 0 Å². The van der Waals surface area contributed by atoms with E-state index in [4.69, 9.17) is 4.74 Å². The summed E-state index contributed by atoms with van der Waals surface area (Å²) >= 11 is 0. The van der Waals surface area contributed by atoms with Crippen LogP contribution < -0.4 is 5.32 Å². The van der Waals surface area contributed by atoms with E-state index in [9.17, 15) is 24.5 Å². The third-order valence-electron chi connectivity index (χ3n) is 3.56. The van der Waals surface area contributed by atoms with Gasteiger partial charge in [-0.05, 0) is 25.1 Å². The van der Waals surface area contributed by atoms with Gasteiger partial charge in [0, 0.05) is 6.07 Å². The first kappa shape index (κ1) is 19.6. The molecule has 27 heavy (non-hydrogen) atoms. The van der Waals surface area contributed by atoms with Crippen molar-refractivity contribution in [3.8, 4) is 0 Å². The minimum absolute atomic E-state index is 0.00342. The van der Waals surface area contributed by atoms with Crippen molar-refractivity contribution in [3.63, 3.8) is 0 Å². The molecule has 0 heterocycles. The molecule has 2 rings (SSSR count). The number of nitrogens with one attached hydrogen (secondary N) is 1. The van der Waals surface area contributed by atoms with Crippen LogP contribution in [0.2, 0.25) is 0 Å². The van der Waals surface area contributed by atoms with E-state index in [-0.39, 0.29) is 22.5 Å². The normalized spacial score (nSPS) is 11.2. The standard InChI is InChI=1S/C18H16N2O7/c1-11(16(21)19-14-9-5-6-10-15(14)20(24)25)27-18(23)13-8-4-3-7-12(13)17(22)26-2/h3-11H,1-2H3,(H,19,21). The lowest BCUT2D eigenvalue weighted by Gasteiger charge is -2.14. The van der Waals surface area contributed by atoms with Gasteiger partial charge in [0.15, 0.2) is 6.10 Å². The molecular weight excluding hydrogens is 356 g/mol. The van der Waals surface area contributed by atoms with Gasteiger partial charge in [-0.2, -0.15) is 0 Å². The van der Waals surface area contributed by atoms with Crippen LogP contribution in [0.25, 0.3) is 0 Å². The van der Waals surface area contributed by atoms with Crippen molar-refractivity contribution in [2.24, 2.45) is 0 Å². The number of nitro groups is 1. The van der Waals surface area contributed by atoms with Crippen LogP contribution in [0, 0.1) is 10.1 Å². The highest BCUT2D eigenvalue weighted by Gasteiger charge is 2.24. The molecule has 0 aliphatic heterocycles. The summed E-state index contributed by atoms with van der Waals surface area (Å²) in [4.78, 5) is 46.6. The van der Waals surface area contributed by atoms with Crippen molar-refractivity contribution < 1.29 is 28.8 Å². The van der Waals surface area contributed by atoms with E-state index >= 15 is 0 Å². The predicted molar refractivity (Wildman–Crippen MR) is 94.4 cm³/mol. The van der Waals surface area contributed by atoms with E-state index in [1.165, 1.54) is 56.5 Å². The van der Waals surface area contributed by atoms with E-state index in [0.29, 0.717) is 0 Å². The van der Waals surface area contributed by atoms with E-state index in [1.54, 1.807) is 6.07 Å². The van der Waals surface area contributed by atoms with Crippen LogP contribution in [-0.4, -0.2) is 36.0 Å². The summed E-state index contributed by atoms with van der Waals surface area (Å²) in [5.74, 6) is -2.38. The summed E-state index contributed by atoms with van der Waals surface area (Å²) < 4.78 is 9.68. The molecule has 0 aliphatic rings. The molecule has 0 fully saturated rings. The molecule has 9 nitrogen and oxygen atoms in total. The van der Waals surface area contributed by atoms with Crippen LogP contribution in [0.15, 0.2) is 48.5 Å². The number of hydrogen-bond donors (Lipinski definition) is 1. The largest absolute Gasteiger partial charge is 0.465 e. The number of esters is 2. The van der Waals surface area contributed by atoms with Gasteiger partial charge in [0.05, 0.1) is 23.2 Å². The van der Waals surface area contributed by atoms with Gasteiger partial charge >= 0.3 is 11.9 Å². The maximum absolute atomic E-state index is 12.3. The van der Waals surface area contributed by atoms with Gasteiger partial charge in [0.2, 0.25) is 0 Å². The van der Waals surface area contributed by atoms with E-state index < -0.39 is 28.9 Å². The van der Waals surface area contributed by atoms with Crippen molar-refractivity contribution >= 4 is 29.2 Å². The van der Waals surface area contributed by atoms with Gasteiger partial charge in [-0.3, -0.25) is 14.9 Å². The second-order valence-corrected chi connectivity index (χ2v) is 5.35. The molecule has 2 aromatic carbocycles. The van der Waals surface area contributed by atoms with Crippen LogP contribution in [0.4, 0.5) is 11.4 Å². The van der Waals surface area contributed by atoms with Gasteiger partial charge < -0.3 is 14.8 Å². The van der Waals surface area contributed by atoms with E-state index in [2.05, 4.69) is 10.1 Å². The molecule has 1 atom stereocenters. The van der Waals surface area contributed by atoms with E-state index in [0.717, 1.165) is 0 Å². The molecule has 140 valence electrons. The highest BCUT2D eigenvalue weighted by atomic mass is 16.6. The lowest BCUT2D eigenvalue weighted by Crippen LogP contribution is -2.30. The van der Waals surface area contributed by atoms with Gasteiger partial charge in [0.25, 0.3) is 11.6 Å². The van der Waals surface area contributed by atoms with Crippen molar-refractivity contribution in [1.82, 2.24) is 0 Å². The zero-order chi connectivity index (χ0) is 20.0. The van der Waals surface area contributed by atoms with E-state index in [1.807, 2.05) is 0 Å². The molecule has 0 saturated heterocycles. The fourth-order valence-electron chi connectivity index (χ4n) is 2.20. The van der Waals surface area contributed by atoms with Crippen molar-refractivity contribution in [3.05, 3.63) is 69.8 Å². The summed E-state index contributed by atoms with van der Waals surface area (Å²) in [6, 6.07) is 11.4. The Morgan fingerprint density at radius 3 is 2.15 bits per heavy atom. The zero-order valence-electron chi connectivity index (χ0n) is 14.5. The van der Waals surface area contributed by atoms with Crippen molar-refractivity contribution in [1.29, 1.82) is 0 Å². The Kier molecular flexibility index (Phi) is 6.21. The topological polar surface area (TPSA) is 125 Å². The average Bonchev–Trinajstić information content (AvgIpc) is 2.67.